The minimum Gasteiger partial charge on any atom is -0.356 e. The molecule has 4 nitrogen and oxygen atoms in total. The molecule has 0 spiro atoms. The van der Waals surface area contributed by atoms with Gasteiger partial charge in [0.05, 0.1) is 0 Å². The van der Waals surface area contributed by atoms with E-state index in [-0.39, 0.29) is 24.0 Å². The van der Waals surface area contributed by atoms with Crippen LogP contribution in [-0.2, 0) is 6.42 Å². The quantitative estimate of drug-likeness (QED) is 0.200. The van der Waals surface area contributed by atoms with Gasteiger partial charge in [0.1, 0.15) is 5.15 Å². The second-order valence-corrected chi connectivity index (χ2v) is 7.26. The lowest BCUT2D eigenvalue weighted by atomic mass is 10.2. The van der Waals surface area contributed by atoms with Gasteiger partial charge < -0.3 is 10.6 Å². The third-order valence-electron chi connectivity index (χ3n) is 3.36. The van der Waals surface area contributed by atoms with Crippen LogP contribution in [0.5, 0.6) is 0 Å². The predicted molar refractivity (Wildman–Crippen MR) is 119 cm³/mol. The number of aliphatic imine (C=N–C) groups is 1. The Labute approximate surface area is 176 Å². The minimum atomic E-state index is 0. The van der Waals surface area contributed by atoms with Crippen LogP contribution in [0.3, 0.4) is 0 Å². The SMILES string of the molecule is CN=C(NCCc1ccc(Cl)nc1)NCC(C)Sc1ccccc1.I. The molecule has 0 bridgehead atoms. The summed E-state index contributed by atoms with van der Waals surface area (Å²) in [6.07, 6.45) is 2.68. The van der Waals surface area contributed by atoms with Gasteiger partial charge in [0.15, 0.2) is 5.96 Å². The topological polar surface area (TPSA) is 49.3 Å². The lowest BCUT2D eigenvalue weighted by Gasteiger charge is -2.16. The van der Waals surface area contributed by atoms with Gasteiger partial charge in [-0.3, -0.25) is 4.99 Å². The number of pyridine rings is 1. The van der Waals surface area contributed by atoms with Crippen molar-refractivity contribution in [2.45, 2.75) is 23.5 Å². The number of rotatable bonds is 7. The maximum absolute atomic E-state index is 5.79. The number of nitrogens with one attached hydrogen (secondary N) is 2. The van der Waals surface area contributed by atoms with Gasteiger partial charge in [0, 0.05) is 36.5 Å². The van der Waals surface area contributed by atoms with Crippen molar-refractivity contribution in [2.24, 2.45) is 4.99 Å². The molecule has 0 saturated carbocycles. The van der Waals surface area contributed by atoms with Gasteiger partial charge in [0.25, 0.3) is 0 Å². The van der Waals surface area contributed by atoms with E-state index in [2.05, 4.69) is 51.8 Å². The summed E-state index contributed by atoms with van der Waals surface area (Å²) < 4.78 is 0. The molecule has 7 heteroatoms. The highest BCUT2D eigenvalue weighted by Crippen LogP contribution is 2.21. The van der Waals surface area contributed by atoms with Crippen LogP contribution in [0.2, 0.25) is 5.15 Å². The molecule has 0 saturated heterocycles. The summed E-state index contributed by atoms with van der Waals surface area (Å²) in [5.74, 6) is 0.817. The second kappa shape index (κ2) is 12.4. The van der Waals surface area contributed by atoms with Crippen LogP contribution in [0.4, 0.5) is 0 Å². The average molecular weight is 491 g/mol. The van der Waals surface area contributed by atoms with Gasteiger partial charge in [0.2, 0.25) is 0 Å². The standard InChI is InChI=1S/C18H23ClN4S.HI/c1-14(24-16-6-4-3-5-7-16)12-23-18(20-2)21-11-10-15-8-9-17(19)22-13-15;/h3-9,13-14H,10-12H2,1-2H3,(H2,20,21,23);1H. The monoisotopic (exact) mass is 490 g/mol. The van der Waals surface area contributed by atoms with E-state index in [0.29, 0.717) is 10.4 Å². The van der Waals surface area contributed by atoms with Crippen LogP contribution in [0, 0.1) is 0 Å². The molecule has 136 valence electrons. The second-order valence-electron chi connectivity index (χ2n) is 5.36. The van der Waals surface area contributed by atoms with Crippen LogP contribution in [0.1, 0.15) is 12.5 Å². The highest BCUT2D eigenvalue weighted by atomic mass is 127. The van der Waals surface area contributed by atoms with Gasteiger partial charge in [-0.2, -0.15) is 0 Å². The first kappa shape index (κ1) is 22.1. The molecule has 0 amide bonds. The highest BCUT2D eigenvalue weighted by molar-refractivity contribution is 14.0. The first-order valence-electron chi connectivity index (χ1n) is 7.94. The number of benzene rings is 1. The normalized spacial score (nSPS) is 12.2. The van der Waals surface area contributed by atoms with E-state index in [9.17, 15) is 0 Å². The molecular weight excluding hydrogens is 467 g/mol. The summed E-state index contributed by atoms with van der Waals surface area (Å²) in [5.41, 5.74) is 1.15. The van der Waals surface area contributed by atoms with Crippen molar-refractivity contribution in [3.8, 4) is 0 Å². The molecule has 1 aromatic heterocycles. The van der Waals surface area contributed by atoms with E-state index in [1.807, 2.05) is 30.0 Å². The first-order chi connectivity index (χ1) is 11.7. The third kappa shape index (κ3) is 8.78. The van der Waals surface area contributed by atoms with Crippen molar-refractivity contribution >= 4 is 53.3 Å². The summed E-state index contributed by atoms with van der Waals surface area (Å²) in [7, 11) is 1.79. The van der Waals surface area contributed by atoms with Crippen LogP contribution in [-0.4, -0.2) is 36.3 Å². The lowest BCUT2D eigenvalue weighted by molar-refractivity contribution is 0.779. The fourth-order valence-electron chi connectivity index (χ4n) is 2.11. The van der Waals surface area contributed by atoms with E-state index in [1.54, 1.807) is 13.2 Å². The molecule has 0 aliphatic carbocycles. The number of aromatic nitrogens is 1. The van der Waals surface area contributed by atoms with E-state index in [0.717, 1.165) is 31.0 Å². The van der Waals surface area contributed by atoms with Crippen LogP contribution in [0.15, 0.2) is 58.5 Å². The zero-order valence-corrected chi connectivity index (χ0v) is 18.3. The van der Waals surface area contributed by atoms with Crippen LogP contribution < -0.4 is 10.6 Å². The molecule has 25 heavy (non-hydrogen) atoms. The minimum absolute atomic E-state index is 0. The van der Waals surface area contributed by atoms with E-state index in [4.69, 9.17) is 11.6 Å². The Kier molecular flexibility index (Phi) is 10.9. The van der Waals surface area contributed by atoms with Crippen molar-refractivity contribution < 1.29 is 0 Å². The number of guanidine groups is 1. The Balaban J connectivity index is 0.00000312. The van der Waals surface area contributed by atoms with Gasteiger partial charge in [-0.05, 0) is 30.2 Å². The highest BCUT2D eigenvalue weighted by Gasteiger charge is 2.05. The summed E-state index contributed by atoms with van der Waals surface area (Å²) in [5, 5.41) is 7.66. The number of hydrogen-bond acceptors (Lipinski definition) is 3. The molecule has 1 unspecified atom stereocenters. The molecule has 2 aromatic rings. The molecule has 0 fully saturated rings. The van der Waals surface area contributed by atoms with Crippen molar-refractivity contribution in [3.63, 3.8) is 0 Å². The Morgan fingerprint density at radius 3 is 2.60 bits per heavy atom. The van der Waals surface area contributed by atoms with Gasteiger partial charge in [-0.1, -0.05) is 42.8 Å². The Morgan fingerprint density at radius 2 is 1.96 bits per heavy atom. The molecule has 2 N–H and O–H groups in total. The molecule has 2 rings (SSSR count). The maximum Gasteiger partial charge on any atom is 0.191 e. The Bertz CT molecular complexity index is 637. The maximum atomic E-state index is 5.79. The van der Waals surface area contributed by atoms with Crippen molar-refractivity contribution in [1.82, 2.24) is 15.6 Å². The van der Waals surface area contributed by atoms with E-state index >= 15 is 0 Å². The van der Waals surface area contributed by atoms with E-state index in [1.165, 1.54) is 4.90 Å². The van der Waals surface area contributed by atoms with Gasteiger partial charge in [-0.25, -0.2) is 4.98 Å². The molecule has 1 heterocycles. The first-order valence-corrected chi connectivity index (χ1v) is 9.20. The average Bonchev–Trinajstić information content (AvgIpc) is 2.60. The zero-order valence-electron chi connectivity index (χ0n) is 14.4. The fourth-order valence-corrected chi connectivity index (χ4v) is 3.17. The van der Waals surface area contributed by atoms with Gasteiger partial charge >= 0.3 is 0 Å². The number of halogens is 2. The summed E-state index contributed by atoms with van der Waals surface area (Å²) in [6, 6.07) is 14.2. The third-order valence-corrected chi connectivity index (χ3v) is 4.69. The van der Waals surface area contributed by atoms with Crippen molar-refractivity contribution in [2.75, 3.05) is 20.1 Å². The molecule has 0 aliphatic heterocycles. The molecule has 1 atom stereocenters. The number of thioether (sulfide) groups is 1. The molecule has 0 radical (unpaired) electrons. The summed E-state index contributed by atoms with van der Waals surface area (Å²) in [4.78, 5) is 9.63. The largest absolute Gasteiger partial charge is 0.356 e. The van der Waals surface area contributed by atoms with Crippen LogP contribution in [0.25, 0.3) is 0 Å². The van der Waals surface area contributed by atoms with E-state index < -0.39 is 0 Å². The summed E-state index contributed by atoms with van der Waals surface area (Å²) in [6.45, 7) is 3.85. The Morgan fingerprint density at radius 1 is 1.20 bits per heavy atom. The number of nitrogens with zero attached hydrogens (tertiary/aromatic N) is 2. The van der Waals surface area contributed by atoms with Crippen LogP contribution >= 0.6 is 47.3 Å². The van der Waals surface area contributed by atoms with Crippen molar-refractivity contribution in [3.05, 3.63) is 59.4 Å². The molecule has 1 aromatic carbocycles. The fraction of sp³-hybridized carbons (Fsp3) is 0.333. The zero-order chi connectivity index (χ0) is 17.2. The smallest absolute Gasteiger partial charge is 0.191 e. The lowest BCUT2D eigenvalue weighted by Crippen LogP contribution is -2.40. The number of hydrogen-bond donors (Lipinski definition) is 2. The van der Waals surface area contributed by atoms with Gasteiger partial charge in [-0.15, -0.1) is 35.7 Å². The molecular formula is C18H24ClIN4S. The van der Waals surface area contributed by atoms with Crippen molar-refractivity contribution in [1.29, 1.82) is 0 Å². The Hall–Kier alpha value is -0.990. The summed E-state index contributed by atoms with van der Waals surface area (Å²) >= 11 is 7.64. The predicted octanol–water partition coefficient (Wildman–Crippen LogP) is 4.24. The molecule has 0 aliphatic rings.